The molecular weight excluding hydrogens is 322 g/mol. The van der Waals surface area contributed by atoms with Crippen molar-refractivity contribution in [1.82, 2.24) is 15.1 Å². The van der Waals surface area contributed by atoms with E-state index >= 15 is 0 Å². The summed E-state index contributed by atoms with van der Waals surface area (Å²) in [4.78, 5) is 40.3. The third-order valence-electron chi connectivity index (χ3n) is 4.88. The number of nitrogens with zero attached hydrogens (tertiary/aromatic N) is 2. The lowest BCUT2D eigenvalue weighted by atomic mass is 9.97. The van der Waals surface area contributed by atoms with E-state index in [4.69, 9.17) is 4.74 Å². The lowest BCUT2D eigenvalue weighted by Crippen LogP contribution is -2.57. The molecule has 0 aliphatic carbocycles. The average molecular weight is 353 g/mol. The second-order valence-corrected chi connectivity index (χ2v) is 7.30. The Bertz CT molecular complexity index is 487. The van der Waals surface area contributed by atoms with Gasteiger partial charge in [0.1, 0.15) is 0 Å². The number of piperazine rings is 1. The Kier molecular flexibility index (Phi) is 7.23. The SMILES string of the molecule is CCOC(=O)C1CCN(C(=O)CN2CCNC(CC(C)C)C2=O)CC1. The Morgan fingerprint density at radius 1 is 1.24 bits per heavy atom. The van der Waals surface area contributed by atoms with Gasteiger partial charge in [0.15, 0.2) is 0 Å². The summed E-state index contributed by atoms with van der Waals surface area (Å²) in [5, 5.41) is 3.25. The zero-order valence-corrected chi connectivity index (χ0v) is 15.6. The van der Waals surface area contributed by atoms with Crippen molar-refractivity contribution in [3.05, 3.63) is 0 Å². The number of nitrogens with one attached hydrogen (secondary N) is 1. The van der Waals surface area contributed by atoms with Crippen LogP contribution in [0.25, 0.3) is 0 Å². The molecule has 2 aliphatic heterocycles. The van der Waals surface area contributed by atoms with Gasteiger partial charge in [-0.1, -0.05) is 13.8 Å². The fraction of sp³-hybridized carbons (Fsp3) is 0.833. The highest BCUT2D eigenvalue weighted by Crippen LogP contribution is 2.19. The zero-order chi connectivity index (χ0) is 18.4. The maximum Gasteiger partial charge on any atom is 0.309 e. The van der Waals surface area contributed by atoms with Crippen molar-refractivity contribution in [2.45, 2.75) is 46.1 Å². The summed E-state index contributed by atoms with van der Waals surface area (Å²) in [7, 11) is 0. The van der Waals surface area contributed by atoms with Gasteiger partial charge in [0, 0.05) is 26.2 Å². The number of rotatable bonds is 6. The summed E-state index contributed by atoms with van der Waals surface area (Å²) < 4.78 is 5.05. The first-order valence-corrected chi connectivity index (χ1v) is 9.39. The van der Waals surface area contributed by atoms with Crippen molar-refractivity contribution >= 4 is 17.8 Å². The fourth-order valence-electron chi connectivity index (χ4n) is 3.49. The Labute approximate surface area is 150 Å². The summed E-state index contributed by atoms with van der Waals surface area (Å²) >= 11 is 0. The quantitative estimate of drug-likeness (QED) is 0.709. The minimum Gasteiger partial charge on any atom is -0.466 e. The third kappa shape index (κ3) is 5.42. The first-order chi connectivity index (χ1) is 11.9. The topological polar surface area (TPSA) is 79.0 Å². The van der Waals surface area contributed by atoms with Crippen LogP contribution in [0.5, 0.6) is 0 Å². The second-order valence-electron chi connectivity index (χ2n) is 7.30. The molecule has 0 aromatic rings. The van der Waals surface area contributed by atoms with E-state index in [0.717, 1.165) is 13.0 Å². The molecule has 7 nitrogen and oxygen atoms in total. The van der Waals surface area contributed by atoms with Crippen LogP contribution in [0.2, 0.25) is 0 Å². The Morgan fingerprint density at radius 2 is 1.92 bits per heavy atom. The van der Waals surface area contributed by atoms with E-state index in [1.165, 1.54) is 0 Å². The van der Waals surface area contributed by atoms with E-state index in [2.05, 4.69) is 19.2 Å². The predicted octanol–water partition coefficient (Wildman–Crippen LogP) is 0.635. The van der Waals surface area contributed by atoms with Crippen molar-refractivity contribution in [3.63, 3.8) is 0 Å². The van der Waals surface area contributed by atoms with Gasteiger partial charge in [-0.15, -0.1) is 0 Å². The van der Waals surface area contributed by atoms with Crippen LogP contribution < -0.4 is 5.32 Å². The minimum atomic E-state index is -0.184. The van der Waals surface area contributed by atoms with Crippen LogP contribution >= 0.6 is 0 Å². The number of hydrogen-bond acceptors (Lipinski definition) is 5. The van der Waals surface area contributed by atoms with Gasteiger partial charge < -0.3 is 19.9 Å². The molecule has 2 aliphatic rings. The van der Waals surface area contributed by atoms with Crippen LogP contribution in [0.3, 0.4) is 0 Å². The number of esters is 1. The molecule has 0 bridgehead atoms. The van der Waals surface area contributed by atoms with Crippen molar-refractivity contribution in [1.29, 1.82) is 0 Å². The summed E-state index contributed by atoms with van der Waals surface area (Å²) in [6, 6.07) is -0.184. The molecule has 1 N–H and O–H groups in total. The molecule has 1 unspecified atom stereocenters. The maximum atomic E-state index is 12.5. The average Bonchev–Trinajstić information content (AvgIpc) is 2.58. The van der Waals surface area contributed by atoms with E-state index < -0.39 is 0 Å². The second kappa shape index (κ2) is 9.17. The predicted molar refractivity (Wildman–Crippen MR) is 93.8 cm³/mol. The van der Waals surface area contributed by atoms with Gasteiger partial charge in [0.05, 0.1) is 25.1 Å². The van der Waals surface area contributed by atoms with Crippen molar-refractivity contribution in [2.75, 3.05) is 39.3 Å². The summed E-state index contributed by atoms with van der Waals surface area (Å²) in [5.74, 6) is 0.151. The lowest BCUT2D eigenvalue weighted by Gasteiger charge is -2.36. The smallest absolute Gasteiger partial charge is 0.309 e. The van der Waals surface area contributed by atoms with Gasteiger partial charge in [-0.05, 0) is 32.1 Å². The fourth-order valence-corrected chi connectivity index (χ4v) is 3.49. The van der Waals surface area contributed by atoms with Gasteiger partial charge in [-0.25, -0.2) is 0 Å². The van der Waals surface area contributed by atoms with Crippen molar-refractivity contribution in [3.8, 4) is 0 Å². The highest BCUT2D eigenvalue weighted by molar-refractivity contribution is 5.88. The molecule has 0 aromatic heterocycles. The standard InChI is InChI=1S/C18H31N3O4/c1-4-25-18(24)14-5-8-20(9-6-14)16(22)12-21-10-7-19-15(17(21)23)11-13(2)3/h13-15,19H,4-12H2,1-3H3. The number of carbonyl (C=O) groups excluding carboxylic acids is 3. The highest BCUT2D eigenvalue weighted by atomic mass is 16.5. The number of likely N-dealkylation sites (tertiary alicyclic amines) is 1. The molecule has 0 aromatic carbocycles. The molecule has 7 heteroatoms. The normalized spacial score (nSPS) is 22.4. The van der Waals surface area contributed by atoms with Gasteiger partial charge in [0.2, 0.25) is 11.8 Å². The van der Waals surface area contributed by atoms with Crippen LogP contribution in [0.15, 0.2) is 0 Å². The number of amides is 2. The molecule has 0 saturated carbocycles. The van der Waals surface area contributed by atoms with Crippen LogP contribution in [0.1, 0.15) is 40.0 Å². The molecule has 0 radical (unpaired) electrons. The first-order valence-electron chi connectivity index (χ1n) is 9.39. The maximum absolute atomic E-state index is 12.5. The molecule has 0 spiro atoms. The van der Waals surface area contributed by atoms with Crippen molar-refractivity contribution < 1.29 is 19.1 Å². The largest absolute Gasteiger partial charge is 0.466 e. The number of ether oxygens (including phenoxy) is 1. The van der Waals surface area contributed by atoms with Gasteiger partial charge in [-0.2, -0.15) is 0 Å². The van der Waals surface area contributed by atoms with Crippen LogP contribution in [0, 0.1) is 11.8 Å². The van der Waals surface area contributed by atoms with E-state index in [9.17, 15) is 14.4 Å². The molecule has 25 heavy (non-hydrogen) atoms. The Hall–Kier alpha value is -1.63. The van der Waals surface area contributed by atoms with Gasteiger partial charge in [-0.3, -0.25) is 14.4 Å². The number of hydrogen-bond donors (Lipinski definition) is 1. The number of carbonyl (C=O) groups is 3. The minimum absolute atomic E-state index is 0.0229. The van der Waals surface area contributed by atoms with Crippen LogP contribution in [-0.2, 0) is 19.1 Å². The first kappa shape index (κ1) is 19.7. The molecule has 1 atom stereocenters. The lowest BCUT2D eigenvalue weighted by molar-refractivity contribution is -0.151. The molecule has 2 amide bonds. The molecular formula is C18H31N3O4. The van der Waals surface area contributed by atoms with Crippen LogP contribution in [0.4, 0.5) is 0 Å². The summed E-state index contributed by atoms with van der Waals surface area (Å²) in [5.41, 5.74) is 0. The Balaban J connectivity index is 1.82. The van der Waals surface area contributed by atoms with Gasteiger partial charge >= 0.3 is 5.97 Å². The van der Waals surface area contributed by atoms with Crippen molar-refractivity contribution in [2.24, 2.45) is 11.8 Å². The van der Waals surface area contributed by atoms with Gasteiger partial charge in [0.25, 0.3) is 0 Å². The molecule has 142 valence electrons. The summed E-state index contributed by atoms with van der Waals surface area (Å²) in [6.07, 6.45) is 2.06. The van der Waals surface area contributed by atoms with Crippen LogP contribution in [-0.4, -0.2) is 73.0 Å². The van der Waals surface area contributed by atoms with E-state index in [1.54, 1.807) is 16.7 Å². The molecule has 2 heterocycles. The number of piperidine rings is 1. The van der Waals surface area contributed by atoms with E-state index in [0.29, 0.717) is 45.0 Å². The molecule has 2 saturated heterocycles. The van der Waals surface area contributed by atoms with E-state index in [-0.39, 0.29) is 36.3 Å². The zero-order valence-electron chi connectivity index (χ0n) is 15.6. The monoisotopic (exact) mass is 353 g/mol. The molecule has 2 rings (SSSR count). The highest BCUT2D eigenvalue weighted by Gasteiger charge is 2.33. The van der Waals surface area contributed by atoms with E-state index in [1.807, 2.05) is 0 Å². The Morgan fingerprint density at radius 3 is 2.52 bits per heavy atom. The summed E-state index contributed by atoms with van der Waals surface area (Å²) in [6.45, 7) is 8.91. The third-order valence-corrected chi connectivity index (χ3v) is 4.88. The molecule has 2 fully saturated rings.